The van der Waals surface area contributed by atoms with Gasteiger partial charge in [0.1, 0.15) is 11.8 Å². The Bertz CT molecular complexity index is 1140. The fourth-order valence-corrected chi connectivity index (χ4v) is 3.33. The van der Waals surface area contributed by atoms with Gasteiger partial charge in [0.25, 0.3) is 5.91 Å². The molecule has 1 aromatic heterocycles. The number of amides is 2. The molecule has 0 aliphatic carbocycles. The van der Waals surface area contributed by atoms with Gasteiger partial charge in [-0.3, -0.25) is 14.9 Å². The average Bonchev–Trinajstić information content (AvgIpc) is 3.44. The first-order valence-electron chi connectivity index (χ1n) is 9.22. The number of ether oxygens (including phenoxy) is 3. The van der Waals surface area contributed by atoms with E-state index >= 15 is 0 Å². The van der Waals surface area contributed by atoms with Crippen LogP contribution in [-0.2, 0) is 9.59 Å². The normalized spacial score (nSPS) is 16.2. The van der Waals surface area contributed by atoms with E-state index in [2.05, 4.69) is 20.7 Å². The molecule has 30 heavy (non-hydrogen) atoms. The van der Waals surface area contributed by atoms with Crippen molar-refractivity contribution in [2.75, 3.05) is 24.5 Å². The van der Waals surface area contributed by atoms with Crippen LogP contribution in [0.25, 0.3) is 11.4 Å². The summed E-state index contributed by atoms with van der Waals surface area (Å²) in [6.45, 7) is 0.153. The van der Waals surface area contributed by atoms with Crippen LogP contribution < -0.4 is 24.8 Å². The monoisotopic (exact) mass is 407 g/mol. The van der Waals surface area contributed by atoms with Gasteiger partial charge in [0.2, 0.25) is 18.6 Å². The number of methoxy groups -OCH3 is 1. The molecule has 152 valence electrons. The molecule has 10 heteroatoms. The van der Waals surface area contributed by atoms with Gasteiger partial charge >= 0.3 is 0 Å². The molecule has 2 N–H and O–H groups in total. The summed E-state index contributed by atoms with van der Waals surface area (Å²) in [5, 5.41) is 9.86. The van der Waals surface area contributed by atoms with Gasteiger partial charge < -0.3 is 19.5 Å². The first-order valence-corrected chi connectivity index (χ1v) is 9.22. The number of carbonyl (C=O) groups is 2. The molecule has 3 heterocycles. The Morgan fingerprint density at radius 3 is 2.83 bits per heavy atom. The largest absolute Gasteiger partial charge is 0.497 e. The van der Waals surface area contributed by atoms with Crippen LogP contribution in [0.2, 0.25) is 0 Å². The average molecular weight is 407 g/mol. The summed E-state index contributed by atoms with van der Waals surface area (Å²) in [4.78, 5) is 29.2. The molecule has 2 aromatic carbocycles. The molecule has 0 spiro atoms. The van der Waals surface area contributed by atoms with E-state index in [1.54, 1.807) is 37.4 Å². The van der Waals surface area contributed by atoms with E-state index in [1.165, 1.54) is 4.68 Å². The quantitative estimate of drug-likeness (QED) is 0.666. The van der Waals surface area contributed by atoms with Crippen LogP contribution in [0.15, 0.2) is 42.5 Å². The number of aromatic nitrogens is 3. The van der Waals surface area contributed by atoms with E-state index in [0.717, 1.165) is 11.3 Å². The highest BCUT2D eigenvalue weighted by Gasteiger charge is 2.35. The smallest absolute Gasteiger partial charge is 0.252 e. The summed E-state index contributed by atoms with van der Waals surface area (Å²) in [5.74, 6) is 2.02. The Kier molecular flexibility index (Phi) is 4.24. The van der Waals surface area contributed by atoms with Gasteiger partial charge in [-0.25, -0.2) is 4.68 Å². The molecule has 2 aliphatic heterocycles. The number of benzene rings is 2. The zero-order valence-electron chi connectivity index (χ0n) is 15.9. The van der Waals surface area contributed by atoms with Gasteiger partial charge in [0, 0.05) is 17.3 Å². The second kappa shape index (κ2) is 7.07. The first kappa shape index (κ1) is 18.0. The Morgan fingerprint density at radius 1 is 1.23 bits per heavy atom. The van der Waals surface area contributed by atoms with Crippen molar-refractivity contribution >= 4 is 23.5 Å². The molecular weight excluding hydrogens is 390 g/mol. The molecule has 0 bridgehead atoms. The summed E-state index contributed by atoms with van der Waals surface area (Å²) >= 11 is 0. The maximum absolute atomic E-state index is 12.5. The minimum atomic E-state index is -0.784. The third-order valence-electron chi connectivity index (χ3n) is 4.85. The minimum absolute atomic E-state index is 0.0846. The molecule has 1 atom stereocenters. The lowest BCUT2D eigenvalue weighted by Crippen LogP contribution is -2.23. The highest BCUT2D eigenvalue weighted by molar-refractivity contribution is 6.01. The first-order chi connectivity index (χ1) is 14.6. The Morgan fingerprint density at radius 2 is 2.03 bits per heavy atom. The summed E-state index contributed by atoms with van der Waals surface area (Å²) < 4.78 is 17.2. The molecule has 0 fully saturated rings. The number of hydrogen-bond donors (Lipinski definition) is 2. The van der Waals surface area contributed by atoms with Crippen LogP contribution in [0.3, 0.4) is 0 Å². The van der Waals surface area contributed by atoms with Crippen molar-refractivity contribution in [2.45, 2.75) is 12.5 Å². The standard InChI is InChI=1S/C20H17N5O5/c1-28-13-5-2-11(3-6-13)18-22-20-23-19(27)14(25(20)24-18)9-17(26)21-12-4-7-15-16(8-12)30-10-29-15/h2-8,14H,9-10H2,1H3,(H,21,26)(H,22,23,24,27)/t14-/m1/s1. The molecule has 2 aliphatic rings. The zero-order chi connectivity index (χ0) is 20.7. The van der Waals surface area contributed by atoms with Crippen molar-refractivity contribution in [2.24, 2.45) is 0 Å². The van der Waals surface area contributed by atoms with Crippen molar-refractivity contribution in [3.8, 4) is 28.6 Å². The maximum Gasteiger partial charge on any atom is 0.252 e. The lowest BCUT2D eigenvalue weighted by Gasteiger charge is -2.10. The van der Waals surface area contributed by atoms with Gasteiger partial charge in [-0.15, -0.1) is 5.10 Å². The van der Waals surface area contributed by atoms with E-state index in [-0.39, 0.29) is 25.0 Å². The van der Waals surface area contributed by atoms with E-state index in [0.29, 0.717) is 29.0 Å². The molecule has 0 saturated heterocycles. The van der Waals surface area contributed by atoms with E-state index in [4.69, 9.17) is 14.2 Å². The number of hydrogen-bond acceptors (Lipinski definition) is 7. The lowest BCUT2D eigenvalue weighted by molar-refractivity contribution is -0.123. The number of nitrogens with zero attached hydrogens (tertiary/aromatic N) is 3. The van der Waals surface area contributed by atoms with Crippen LogP contribution in [0.4, 0.5) is 11.6 Å². The SMILES string of the molecule is COc1ccc(-c2nc3n(n2)[C@H](CC(=O)Nc2ccc4c(c2)OCO4)C(=O)N3)cc1. The van der Waals surface area contributed by atoms with Gasteiger partial charge in [-0.05, 0) is 36.4 Å². The molecular formula is C20H17N5O5. The number of anilines is 2. The highest BCUT2D eigenvalue weighted by Crippen LogP contribution is 2.34. The van der Waals surface area contributed by atoms with Crippen molar-refractivity contribution in [1.29, 1.82) is 0 Å². The van der Waals surface area contributed by atoms with Gasteiger partial charge in [-0.1, -0.05) is 0 Å². The molecule has 0 unspecified atom stereocenters. The van der Waals surface area contributed by atoms with Crippen molar-refractivity contribution < 1.29 is 23.8 Å². The van der Waals surface area contributed by atoms with E-state index < -0.39 is 6.04 Å². The zero-order valence-corrected chi connectivity index (χ0v) is 15.9. The summed E-state index contributed by atoms with van der Waals surface area (Å²) in [6.07, 6.45) is -0.0846. The van der Waals surface area contributed by atoms with E-state index in [1.807, 2.05) is 12.1 Å². The molecule has 0 saturated carbocycles. The minimum Gasteiger partial charge on any atom is -0.497 e. The number of carbonyl (C=O) groups excluding carboxylic acids is 2. The fourth-order valence-electron chi connectivity index (χ4n) is 3.33. The lowest BCUT2D eigenvalue weighted by atomic mass is 10.2. The molecule has 0 radical (unpaired) electrons. The van der Waals surface area contributed by atoms with Gasteiger partial charge in [0.05, 0.1) is 13.5 Å². The van der Waals surface area contributed by atoms with Gasteiger partial charge in [0.15, 0.2) is 17.3 Å². The Balaban J connectivity index is 1.31. The third-order valence-corrected chi connectivity index (χ3v) is 4.85. The highest BCUT2D eigenvalue weighted by atomic mass is 16.7. The third kappa shape index (κ3) is 3.17. The second-order valence-electron chi connectivity index (χ2n) is 6.76. The van der Waals surface area contributed by atoms with Crippen LogP contribution in [0.5, 0.6) is 17.2 Å². The number of nitrogens with one attached hydrogen (secondary N) is 2. The number of fused-ring (bicyclic) bond motifs is 2. The Hall–Kier alpha value is -4.08. The van der Waals surface area contributed by atoms with Crippen LogP contribution in [0.1, 0.15) is 12.5 Å². The van der Waals surface area contributed by atoms with Crippen LogP contribution in [0, 0.1) is 0 Å². The van der Waals surface area contributed by atoms with Crippen molar-refractivity contribution in [1.82, 2.24) is 14.8 Å². The predicted octanol–water partition coefficient (Wildman–Crippen LogP) is 2.20. The molecule has 10 nitrogen and oxygen atoms in total. The fraction of sp³-hybridized carbons (Fsp3) is 0.200. The second-order valence-corrected chi connectivity index (χ2v) is 6.76. The van der Waals surface area contributed by atoms with Crippen molar-refractivity contribution in [3.05, 3.63) is 42.5 Å². The summed E-state index contributed by atoms with van der Waals surface area (Å²) in [6, 6.07) is 11.6. The molecule has 3 aromatic rings. The van der Waals surface area contributed by atoms with Crippen LogP contribution in [-0.4, -0.2) is 40.5 Å². The predicted molar refractivity (Wildman–Crippen MR) is 105 cm³/mol. The van der Waals surface area contributed by atoms with Gasteiger partial charge in [-0.2, -0.15) is 4.98 Å². The maximum atomic E-state index is 12.5. The van der Waals surface area contributed by atoms with Crippen LogP contribution >= 0.6 is 0 Å². The molecule has 5 rings (SSSR count). The number of rotatable bonds is 5. The van der Waals surface area contributed by atoms with Crippen molar-refractivity contribution in [3.63, 3.8) is 0 Å². The topological polar surface area (TPSA) is 117 Å². The van der Waals surface area contributed by atoms with E-state index in [9.17, 15) is 9.59 Å². The summed E-state index contributed by atoms with van der Waals surface area (Å²) in [7, 11) is 1.59. The Labute approximate surface area is 170 Å². The summed E-state index contributed by atoms with van der Waals surface area (Å²) in [5.41, 5.74) is 1.33. The molecule has 2 amide bonds.